The summed E-state index contributed by atoms with van der Waals surface area (Å²) in [7, 11) is 1.70. The summed E-state index contributed by atoms with van der Waals surface area (Å²) in [5.41, 5.74) is 0. The van der Waals surface area contributed by atoms with Crippen molar-refractivity contribution in [1.29, 1.82) is 0 Å². The Labute approximate surface area is 152 Å². The Morgan fingerprint density at radius 3 is 2.80 bits per heavy atom. The minimum Gasteiger partial charge on any atom is -0.383 e. The van der Waals surface area contributed by atoms with Crippen molar-refractivity contribution in [3.05, 3.63) is 12.2 Å². The van der Waals surface area contributed by atoms with Crippen LogP contribution in [0.2, 0.25) is 0 Å². The van der Waals surface area contributed by atoms with E-state index in [1.54, 1.807) is 13.4 Å². The second-order valence-electron chi connectivity index (χ2n) is 6.81. The number of ether oxygens (including phenoxy) is 1. The predicted octanol–water partition coefficient (Wildman–Crippen LogP) is 2.24. The molecule has 0 saturated carbocycles. The molecule has 1 heterocycles. The maximum Gasteiger partial charge on any atom is 0.191 e. The minimum atomic E-state index is 0.397. The summed E-state index contributed by atoms with van der Waals surface area (Å²) < 4.78 is 7.17. The SMILES string of the molecule is CCc1nncn1CCNC(=NCCOC)NC(C)CCCC(C)C. The van der Waals surface area contributed by atoms with E-state index >= 15 is 0 Å². The molecule has 0 aliphatic carbocycles. The summed E-state index contributed by atoms with van der Waals surface area (Å²) in [6, 6.07) is 0.397. The van der Waals surface area contributed by atoms with E-state index in [0.717, 1.165) is 43.6 Å². The Hall–Kier alpha value is -1.63. The fourth-order valence-electron chi connectivity index (χ4n) is 2.57. The third-order valence-electron chi connectivity index (χ3n) is 4.02. The molecule has 1 aromatic rings. The molecule has 7 heteroatoms. The number of hydrogen-bond donors (Lipinski definition) is 2. The Morgan fingerprint density at radius 1 is 1.32 bits per heavy atom. The van der Waals surface area contributed by atoms with Crippen molar-refractivity contribution in [3.63, 3.8) is 0 Å². The first-order valence-corrected chi connectivity index (χ1v) is 9.47. The van der Waals surface area contributed by atoms with Gasteiger partial charge in [0.1, 0.15) is 12.2 Å². The Balaban J connectivity index is 2.45. The minimum absolute atomic E-state index is 0.397. The van der Waals surface area contributed by atoms with Crippen LogP contribution in [0.5, 0.6) is 0 Å². The molecule has 1 aromatic heterocycles. The van der Waals surface area contributed by atoms with Crippen molar-refractivity contribution >= 4 is 5.96 Å². The smallest absolute Gasteiger partial charge is 0.191 e. The van der Waals surface area contributed by atoms with Crippen molar-refractivity contribution in [2.24, 2.45) is 10.9 Å². The molecule has 0 aliphatic heterocycles. The average molecular weight is 353 g/mol. The molecular weight excluding hydrogens is 316 g/mol. The number of methoxy groups -OCH3 is 1. The van der Waals surface area contributed by atoms with Crippen LogP contribution in [0.3, 0.4) is 0 Å². The average Bonchev–Trinajstić information content (AvgIpc) is 3.02. The molecule has 0 radical (unpaired) electrons. The monoisotopic (exact) mass is 352 g/mol. The van der Waals surface area contributed by atoms with Gasteiger partial charge < -0.3 is 19.9 Å². The topological polar surface area (TPSA) is 76.4 Å². The lowest BCUT2D eigenvalue weighted by atomic mass is 10.0. The number of aliphatic imine (C=N–C) groups is 1. The first-order valence-electron chi connectivity index (χ1n) is 9.47. The van der Waals surface area contributed by atoms with Crippen molar-refractivity contribution in [3.8, 4) is 0 Å². The number of aryl methyl sites for hydroxylation is 1. The molecular formula is C18H36N6O. The Bertz CT molecular complexity index is 486. The van der Waals surface area contributed by atoms with Crippen LogP contribution in [-0.4, -0.2) is 53.6 Å². The number of hydrogen-bond acceptors (Lipinski definition) is 4. The molecule has 1 rings (SSSR count). The summed E-state index contributed by atoms with van der Waals surface area (Å²) in [5, 5.41) is 15.0. The molecule has 144 valence electrons. The van der Waals surface area contributed by atoms with E-state index in [2.05, 4.69) is 58.1 Å². The van der Waals surface area contributed by atoms with Gasteiger partial charge in [-0.05, 0) is 19.3 Å². The van der Waals surface area contributed by atoms with Gasteiger partial charge in [-0.25, -0.2) is 0 Å². The molecule has 1 unspecified atom stereocenters. The lowest BCUT2D eigenvalue weighted by Crippen LogP contribution is -2.43. The van der Waals surface area contributed by atoms with Gasteiger partial charge in [-0.1, -0.05) is 33.6 Å². The van der Waals surface area contributed by atoms with Crippen LogP contribution in [0.1, 0.15) is 52.8 Å². The van der Waals surface area contributed by atoms with Crippen molar-refractivity contribution in [2.45, 2.75) is 66.0 Å². The largest absolute Gasteiger partial charge is 0.383 e. The van der Waals surface area contributed by atoms with Crippen molar-refractivity contribution in [2.75, 3.05) is 26.8 Å². The molecule has 0 aromatic carbocycles. The molecule has 0 saturated heterocycles. The lowest BCUT2D eigenvalue weighted by Gasteiger charge is -2.19. The van der Waals surface area contributed by atoms with Crippen LogP contribution in [0, 0.1) is 5.92 Å². The summed E-state index contributed by atoms with van der Waals surface area (Å²) >= 11 is 0. The second kappa shape index (κ2) is 12.7. The van der Waals surface area contributed by atoms with E-state index < -0.39 is 0 Å². The van der Waals surface area contributed by atoms with Crippen LogP contribution in [0.15, 0.2) is 11.3 Å². The highest BCUT2D eigenvalue weighted by molar-refractivity contribution is 5.80. The zero-order valence-corrected chi connectivity index (χ0v) is 16.6. The van der Waals surface area contributed by atoms with Crippen LogP contribution in [-0.2, 0) is 17.7 Å². The normalized spacial score (nSPS) is 13.3. The molecule has 25 heavy (non-hydrogen) atoms. The van der Waals surface area contributed by atoms with E-state index in [4.69, 9.17) is 4.74 Å². The maximum atomic E-state index is 5.10. The van der Waals surface area contributed by atoms with E-state index in [1.807, 2.05) is 0 Å². The molecule has 7 nitrogen and oxygen atoms in total. The van der Waals surface area contributed by atoms with Gasteiger partial charge in [0.25, 0.3) is 0 Å². The molecule has 2 N–H and O–H groups in total. The zero-order valence-electron chi connectivity index (χ0n) is 16.6. The quantitative estimate of drug-likeness (QED) is 0.343. The molecule has 1 atom stereocenters. The molecule has 0 amide bonds. The Morgan fingerprint density at radius 2 is 2.12 bits per heavy atom. The highest BCUT2D eigenvalue weighted by Crippen LogP contribution is 2.08. The summed E-state index contributed by atoms with van der Waals surface area (Å²) in [4.78, 5) is 4.59. The summed E-state index contributed by atoms with van der Waals surface area (Å²) in [6.07, 6.45) is 6.32. The molecule has 0 spiro atoms. The van der Waals surface area contributed by atoms with E-state index in [1.165, 1.54) is 12.8 Å². The highest BCUT2D eigenvalue weighted by atomic mass is 16.5. The summed E-state index contributed by atoms with van der Waals surface area (Å²) in [6.45, 7) is 11.7. The van der Waals surface area contributed by atoms with Crippen LogP contribution in [0.4, 0.5) is 0 Å². The predicted molar refractivity (Wildman–Crippen MR) is 103 cm³/mol. The number of guanidine groups is 1. The van der Waals surface area contributed by atoms with Crippen LogP contribution in [0.25, 0.3) is 0 Å². The maximum absolute atomic E-state index is 5.10. The van der Waals surface area contributed by atoms with Gasteiger partial charge in [0, 0.05) is 32.7 Å². The fraction of sp³-hybridized carbons (Fsp3) is 0.833. The van der Waals surface area contributed by atoms with Gasteiger partial charge in [0.15, 0.2) is 5.96 Å². The third-order valence-corrected chi connectivity index (χ3v) is 4.02. The van der Waals surface area contributed by atoms with Gasteiger partial charge in [0.05, 0.1) is 13.2 Å². The first kappa shape index (κ1) is 21.4. The Kier molecular flexibility index (Phi) is 10.9. The second-order valence-corrected chi connectivity index (χ2v) is 6.81. The number of aromatic nitrogens is 3. The zero-order chi connectivity index (χ0) is 18.5. The van der Waals surface area contributed by atoms with Gasteiger partial charge in [-0.15, -0.1) is 10.2 Å². The number of nitrogens with one attached hydrogen (secondary N) is 2. The van der Waals surface area contributed by atoms with Gasteiger partial charge >= 0.3 is 0 Å². The molecule has 0 fully saturated rings. The third kappa shape index (κ3) is 9.43. The van der Waals surface area contributed by atoms with E-state index in [9.17, 15) is 0 Å². The van der Waals surface area contributed by atoms with E-state index in [0.29, 0.717) is 19.2 Å². The van der Waals surface area contributed by atoms with Gasteiger partial charge in [0.2, 0.25) is 0 Å². The van der Waals surface area contributed by atoms with Crippen LogP contribution < -0.4 is 10.6 Å². The fourth-order valence-corrected chi connectivity index (χ4v) is 2.57. The first-order chi connectivity index (χ1) is 12.1. The van der Waals surface area contributed by atoms with Crippen LogP contribution >= 0.6 is 0 Å². The molecule has 0 aliphatic rings. The van der Waals surface area contributed by atoms with Gasteiger partial charge in [-0.2, -0.15) is 0 Å². The standard InChI is InChI=1S/C18H36N6O/c1-6-17-23-21-14-24(17)12-10-19-18(20-11-13-25-5)22-16(4)9-7-8-15(2)3/h14-16H,6-13H2,1-5H3,(H2,19,20,22). The highest BCUT2D eigenvalue weighted by Gasteiger charge is 2.07. The van der Waals surface area contributed by atoms with Crippen molar-refractivity contribution < 1.29 is 4.74 Å². The number of rotatable bonds is 12. The summed E-state index contributed by atoms with van der Waals surface area (Å²) in [5.74, 6) is 2.62. The van der Waals surface area contributed by atoms with Crippen molar-refractivity contribution in [1.82, 2.24) is 25.4 Å². The lowest BCUT2D eigenvalue weighted by molar-refractivity contribution is 0.208. The molecule has 0 bridgehead atoms. The number of nitrogens with zero attached hydrogens (tertiary/aromatic N) is 4. The van der Waals surface area contributed by atoms with Gasteiger partial charge in [-0.3, -0.25) is 4.99 Å². The van der Waals surface area contributed by atoms with E-state index in [-0.39, 0.29) is 0 Å².